The topological polar surface area (TPSA) is 78.5 Å². The van der Waals surface area contributed by atoms with Gasteiger partial charge in [0.25, 0.3) is 5.91 Å². The van der Waals surface area contributed by atoms with Gasteiger partial charge < -0.3 is 10.6 Å². The number of amides is 1. The van der Waals surface area contributed by atoms with Crippen molar-refractivity contribution < 1.29 is 13.2 Å². The molecular formula is C19H32ClN3O3S. The fourth-order valence-electron chi connectivity index (χ4n) is 3.32. The van der Waals surface area contributed by atoms with Crippen LogP contribution in [0, 0.1) is 12.3 Å². The number of piperidine rings is 1. The van der Waals surface area contributed by atoms with Crippen molar-refractivity contribution in [2.24, 2.45) is 5.41 Å². The Bertz CT molecular complexity index is 743. The fraction of sp³-hybridized carbons (Fsp3) is 0.632. The molecule has 0 spiro atoms. The number of nitrogens with one attached hydrogen (secondary N) is 2. The minimum atomic E-state index is -3.59. The molecule has 1 heterocycles. The minimum Gasteiger partial charge on any atom is -0.351 e. The summed E-state index contributed by atoms with van der Waals surface area (Å²) in [4.78, 5) is 12.8. The Morgan fingerprint density at radius 1 is 1.22 bits per heavy atom. The van der Waals surface area contributed by atoms with E-state index in [0.29, 0.717) is 30.8 Å². The van der Waals surface area contributed by atoms with Crippen molar-refractivity contribution in [3.05, 3.63) is 29.3 Å². The largest absolute Gasteiger partial charge is 0.351 e. The summed E-state index contributed by atoms with van der Waals surface area (Å²) in [5, 5.41) is 6.32. The number of carbonyl (C=O) groups excluding carboxylic acids is 1. The van der Waals surface area contributed by atoms with E-state index in [4.69, 9.17) is 0 Å². The lowest BCUT2D eigenvalue weighted by Crippen LogP contribution is -2.42. The molecule has 1 fully saturated rings. The summed E-state index contributed by atoms with van der Waals surface area (Å²) in [6.07, 6.45) is 2.03. The van der Waals surface area contributed by atoms with Crippen LogP contribution in [0.3, 0.4) is 0 Å². The minimum absolute atomic E-state index is 0. The summed E-state index contributed by atoms with van der Waals surface area (Å²) in [5.41, 5.74) is 1.12. The van der Waals surface area contributed by atoms with Crippen LogP contribution in [0.4, 0.5) is 0 Å². The monoisotopic (exact) mass is 417 g/mol. The summed E-state index contributed by atoms with van der Waals surface area (Å²) in [5.74, 6) is -0.222. The summed E-state index contributed by atoms with van der Waals surface area (Å²) < 4.78 is 27.1. The normalized spacial score (nSPS) is 16.6. The van der Waals surface area contributed by atoms with E-state index in [0.717, 1.165) is 25.9 Å². The Morgan fingerprint density at radius 3 is 2.37 bits per heavy atom. The summed E-state index contributed by atoms with van der Waals surface area (Å²) in [7, 11) is -3.59. The second-order valence-electron chi connectivity index (χ2n) is 7.31. The summed E-state index contributed by atoms with van der Waals surface area (Å²) in [6.45, 7) is 10.9. The van der Waals surface area contributed by atoms with Gasteiger partial charge in [0.05, 0.1) is 4.90 Å². The smallest absolute Gasteiger partial charge is 0.251 e. The third-order valence-electron chi connectivity index (χ3n) is 5.26. The highest BCUT2D eigenvalue weighted by Gasteiger charge is 2.28. The number of benzene rings is 1. The van der Waals surface area contributed by atoms with E-state index in [1.165, 1.54) is 10.4 Å². The van der Waals surface area contributed by atoms with Gasteiger partial charge in [-0.15, -0.1) is 12.4 Å². The third kappa shape index (κ3) is 5.67. The quantitative estimate of drug-likeness (QED) is 0.714. The Labute approximate surface area is 169 Å². The Kier molecular flexibility index (Phi) is 8.73. The molecule has 1 amide bonds. The van der Waals surface area contributed by atoms with Gasteiger partial charge in [-0.2, -0.15) is 4.31 Å². The number of rotatable bonds is 7. The van der Waals surface area contributed by atoms with Gasteiger partial charge in [-0.3, -0.25) is 4.79 Å². The standard InChI is InChI=1S/C19H31N3O3S.ClH/c1-5-22(6-2)26(24,25)17-13-16(8-7-15(17)3)18(23)21-14-19(4)9-11-20-12-10-19;/h7-8,13,20H,5-6,9-12,14H2,1-4H3,(H,21,23);1H. The molecule has 6 nitrogen and oxygen atoms in total. The van der Waals surface area contributed by atoms with Gasteiger partial charge in [0, 0.05) is 25.2 Å². The average Bonchev–Trinajstić information content (AvgIpc) is 2.61. The molecule has 0 unspecified atom stereocenters. The molecule has 1 saturated heterocycles. The highest BCUT2D eigenvalue weighted by atomic mass is 35.5. The first-order chi connectivity index (χ1) is 12.2. The predicted molar refractivity (Wildman–Crippen MR) is 111 cm³/mol. The van der Waals surface area contributed by atoms with Crippen molar-refractivity contribution in [2.75, 3.05) is 32.7 Å². The molecule has 2 N–H and O–H groups in total. The molecule has 1 aromatic carbocycles. The predicted octanol–water partition coefficient (Wildman–Crippen LogP) is 2.57. The molecular weight excluding hydrogens is 386 g/mol. The van der Waals surface area contributed by atoms with Crippen LogP contribution in [0.25, 0.3) is 0 Å². The van der Waals surface area contributed by atoms with E-state index in [1.807, 2.05) is 13.8 Å². The van der Waals surface area contributed by atoms with Gasteiger partial charge in [0.15, 0.2) is 0 Å². The van der Waals surface area contributed by atoms with E-state index in [-0.39, 0.29) is 28.6 Å². The van der Waals surface area contributed by atoms with Crippen molar-refractivity contribution in [3.8, 4) is 0 Å². The highest BCUT2D eigenvalue weighted by Crippen LogP contribution is 2.27. The molecule has 8 heteroatoms. The van der Waals surface area contributed by atoms with Crippen LogP contribution in [0.5, 0.6) is 0 Å². The van der Waals surface area contributed by atoms with Gasteiger partial charge in [0.1, 0.15) is 0 Å². The molecule has 0 aromatic heterocycles. The second-order valence-corrected chi connectivity index (χ2v) is 9.22. The van der Waals surface area contributed by atoms with Crippen molar-refractivity contribution in [2.45, 2.75) is 45.4 Å². The molecule has 154 valence electrons. The van der Waals surface area contributed by atoms with E-state index >= 15 is 0 Å². The molecule has 0 saturated carbocycles. The van der Waals surface area contributed by atoms with Crippen LogP contribution in [0.2, 0.25) is 0 Å². The lowest BCUT2D eigenvalue weighted by molar-refractivity contribution is 0.0922. The first kappa shape index (κ1) is 23.9. The van der Waals surface area contributed by atoms with Crippen LogP contribution < -0.4 is 10.6 Å². The molecule has 1 aliphatic heterocycles. The second kappa shape index (κ2) is 9.87. The van der Waals surface area contributed by atoms with E-state index in [9.17, 15) is 13.2 Å². The molecule has 0 atom stereocenters. The molecule has 27 heavy (non-hydrogen) atoms. The number of halogens is 1. The van der Waals surface area contributed by atoms with Crippen LogP contribution in [-0.4, -0.2) is 51.4 Å². The van der Waals surface area contributed by atoms with Crippen LogP contribution in [-0.2, 0) is 10.0 Å². The van der Waals surface area contributed by atoms with E-state index in [1.54, 1.807) is 19.1 Å². The number of sulfonamides is 1. The van der Waals surface area contributed by atoms with Crippen LogP contribution in [0.15, 0.2) is 23.1 Å². The number of carbonyl (C=O) groups is 1. The molecule has 1 aromatic rings. The van der Waals surface area contributed by atoms with Gasteiger partial charge in [-0.25, -0.2) is 8.42 Å². The lowest BCUT2D eigenvalue weighted by Gasteiger charge is -2.34. The van der Waals surface area contributed by atoms with Crippen LogP contribution in [0.1, 0.15) is 49.5 Å². The zero-order valence-corrected chi connectivity index (χ0v) is 18.3. The number of nitrogens with zero attached hydrogens (tertiary/aromatic N) is 1. The fourth-order valence-corrected chi connectivity index (χ4v) is 5.03. The molecule has 2 rings (SSSR count). The van der Waals surface area contributed by atoms with Crippen molar-refractivity contribution in [1.82, 2.24) is 14.9 Å². The lowest BCUT2D eigenvalue weighted by atomic mass is 9.81. The number of aryl methyl sites for hydroxylation is 1. The number of hydrogen-bond acceptors (Lipinski definition) is 4. The molecule has 0 radical (unpaired) electrons. The maximum Gasteiger partial charge on any atom is 0.251 e. The van der Waals surface area contributed by atoms with Crippen LogP contribution >= 0.6 is 12.4 Å². The van der Waals surface area contributed by atoms with Crippen molar-refractivity contribution in [1.29, 1.82) is 0 Å². The van der Waals surface area contributed by atoms with Gasteiger partial charge in [0.2, 0.25) is 10.0 Å². The Morgan fingerprint density at radius 2 is 1.81 bits per heavy atom. The maximum absolute atomic E-state index is 12.8. The molecule has 0 bridgehead atoms. The number of hydrogen-bond donors (Lipinski definition) is 2. The Hall–Kier alpha value is -1.15. The SMILES string of the molecule is CCN(CC)S(=O)(=O)c1cc(C(=O)NCC2(C)CCNCC2)ccc1C.Cl. The van der Waals surface area contributed by atoms with Crippen molar-refractivity contribution in [3.63, 3.8) is 0 Å². The zero-order chi connectivity index (χ0) is 19.4. The first-order valence-corrected chi connectivity index (χ1v) is 10.8. The van der Waals surface area contributed by atoms with Gasteiger partial charge >= 0.3 is 0 Å². The van der Waals surface area contributed by atoms with E-state index < -0.39 is 10.0 Å². The maximum atomic E-state index is 12.8. The summed E-state index contributed by atoms with van der Waals surface area (Å²) >= 11 is 0. The Balaban J connectivity index is 0.00000364. The first-order valence-electron chi connectivity index (χ1n) is 9.33. The molecule has 1 aliphatic rings. The third-order valence-corrected chi connectivity index (χ3v) is 7.45. The summed E-state index contributed by atoms with van der Waals surface area (Å²) in [6, 6.07) is 4.90. The van der Waals surface area contributed by atoms with Gasteiger partial charge in [-0.1, -0.05) is 26.8 Å². The average molecular weight is 418 g/mol. The zero-order valence-electron chi connectivity index (χ0n) is 16.7. The van der Waals surface area contributed by atoms with E-state index in [2.05, 4.69) is 17.6 Å². The molecule has 0 aliphatic carbocycles. The highest BCUT2D eigenvalue weighted by molar-refractivity contribution is 7.89. The van der Waals surface area contributed by atoms with Gasteiger partial charge in [-0.05, 0) is 56.0 Å². The van der Waals surface area contributed by atoms with Crippen molar-refractivity contribution >= 4 is 28.3 Å².